The van der Waals surface area contributed by atoms with E-state index in [1.165, 1.54) is 4.90 Å². The summed E-state index contributed by atoms with van der Waals surface area (Å²) in [5.41, 5.74) is 3.76. The smallest absolute Gasteiger partial charge is 0.408 e. The number of benzene rings is 3. The number of ether oxygens (including phenoxy) is 4. The molecular weight excluding hydrogens is 638 g/mol. The molecule has 0 spiro atoms. The average Bonchev–Trinajstić information content (AvgIpc) is 3.77. The van der Waals surface area contributed by atoms with Crippen molar-refractivity contribution in [2.75, 3.05) is 59.7 Å². The Morgan fingerprint density at radius 3 is 2.46 bits per heavy atom. The number of hydrogen-bond acceptors (Lipinski definition) is 9. The Kier molecular flexibility index (Phi) is 12.4. The topological polar surface area (TPSA) is 130 Å². The van der Waals surface area contributed by atoms with E-state index in [1.807, 2.05) is 78.9 Å². The lowest BCUT2D eigenvalue weighted by molar-refractivity contribution is -0.137. The number of morpholine rings is 1. The van der Waals surface area contributed by atoms with Gasteiger partial charge in [0.15, 0.2) is 0 Å². The molecule has 0 aromatic heterocycles. The van der Waals surface area contributed by atoms with Crippen molar-refractivity contribution in [3.05, 3.63) is 101 Å². The van der Waals surface area contributed by atoms with E-state index in [4.69, 9.17) is 18.9 Å². The van der Waals surface area contributed by atoms with Gasteiger partial charge in [-0.1, -0.05) is 66.7 Å². The molecule has 2 saturated heterocycles. The molecule has 2 amide bonds. The Morgan fingerprint density at radius 2 is 1.72 bits per heavy atom. The Labute approximate surface area is 294 Å². The van der Waals surface area contributed by atoms with Gasteiger partial charge in [-0.05, 0) is 40.8 Å². The highest BCUT2D eigenvalue weighted by atomic mass is 16.6. The maximum atomic E-state index is 14.3. The number of nitrogens with one attached hydrogen (secondary N) is 1. The number of nitrogens with zero attached hydrogens (tertiary/aromatic N) is 2. The van der Waals surface area contributed by atoms with Crippen molar-refractivity contribution in [3.8, 4) is 5.75 Å². The van der Waals surface area contributed by atoms with Gasteiger partial charge >= 0.3 is 6.09 Å². The summed E-state index contributed by atoms with van der Waals surface area (Å²) >= 11 is 0. The van der Waals surface area contributed by atoms with Crippen LogP contribution in [0.4, 0.5) is 4.79 Å². The van der Waals surface area contributed by atoms with Crippen LogP contribution in [0, 0.1) is 0 Å². The Balaban J connectivity index is 1.20. The van der Waals surface area contributed by atoms with Crippen LogP contribution in [0.25, 0.3) is 0 Å². The molecule has 11 heteroatoms. The van der Waals surface area contributed by atoms with Gasteiger partial charge < -0.3 is 39.4 Å². The maximum Gasteiger partial charge on any atom is 0.408 e. The third-order valence-electron chi connectivity index (χ3n) is 10.0. The number of aliphatic hydroxyl groups is 2. The van der Waals surface area contributed by atoms with Crippen molar-refractivity contribution in [2.24, 2.45) is 0 Å². The van der Waals surface area contributed by atoms with Crippen molar-refractivity contribution < 1.29 is 38.7 Å². The van der Waals surface area contributed by atoms with E-state index in [2.05, 4.69) is 10.2 Å². The van der Waals surface area contributed by atoms with E-state index in [0.29, 0.717) is 39.1 Å². The van der Waals surface area contributed by atoms with Crippen LogP contribution in [-0.2, 0) is 31.8 Å². The highest BCUT2D eigenvalue weighted by Gasteiger charge is 2.40. The number of alkyl carbamates (subject to hydrolysis) is 1. The zero-order valence-corrected chi connectivity index (χ0v) is 28.7. The van der Waals surface area contributed by atoms with Crippen LogP contribution in [-0.4, -0.2) is 116 Å². The van der Waals surface area contributed by atoms with Crippen molar-refractivity contribution in [2.45, 2.75) is 62.0 Å². The van der Waals surface area contributed by atoms with Gasteiger partial charge in [0, 0.05) is 51.9 Å². The molecule has 2 aliphatic heterocycles. The molecule has 268 valence electrons. The number of carbonyl (C=O) groups is 2. The quantitative estimate of drug-likeness (QED) is 0.233. The first-order valence-electron chi connectivity index (χ1n) is 17.7. The molecule has 0 bridgehead atoms. The Morgan fingerprint density at radius 1 is 0.980 bits per heavy atom. The van der Waals surface area contributed by atoms with E-state index in [1.54, 1.807) is 7.05 Å². The van der Waals surface area contributed by atoms with E-state index < -0.39 is 48.3 Å². The fourth-order valence-corrected chi connectivity index (χ4v) is 7.24. The summed E-state index contributed by atoms with van der Waals surface area (Å²) < 4.78 is 22.4. The van der Waals surface area contributed by atoms with Crippen LogP contribution in [0.5, 0.6) is 5.75 Å². The Hall–Kier alpha value is -4.00. The monoisotopic (exact) mass is 687 g/mol. The van der Waals surface area contributed by atoms with Gasteiger partial charge in [0.25, 0.3) is 0 Å². The summed E-state index contributed by atoms with van der Waals surface area (Å²) in [5, 5.41) is 25.8. The molecule has 3 aliphatic rings. The molecule has 11 nitrogen and oxygen atoms in total. The number of amides is 2. The highest BCUT2D eigenvalue weighted by Crippen LogP contribution is 2.36. The molecule has 0 saturated carbocycles. The van der Waals surface area contributed by atoms with Crippen molar-refractivity contribution in [1.82, 2.24) is 15.1 Å². The van der Waals surface area contributed by atoms with E-state index in [9.17, 15) is 19.8 Å². The van der Waals surface area contributed by atoms with Gasteiger partial charge in [-0.2, -0.15) is 0 Å². The summed E-state index contributed by atoms with van der Waals surface area (Å²) in [6.45, 7) is 5.45. The molecule has 2 fully saturated rings. The van der Waals surface area contributed by atoms with Crippen LogP contribution < -0.4 is 10.1 Å². The van der Waals surface area contributed by atoms with Crippen LogP contribution in [0.15, 0.2) is 78.9 Å². The summed E-state index contributed by atoms with van der Waals surface area (Å²) in [4.78, 5) is 31.2. The van der Waals surface area contributed by atoms with E-state index >= 15 is 0 Å². The predicted octanol–water partition coefficient (Wildman–Crippen LogP) is 3.48. The fraction of sp³-hybridized carbons (Fsp3) is 0.487. The zero-order chi connectivity index (χ0) is 34.9. The van der Waals surface area contributed by atoms with E-state index in [0.717, 1.165) is 60.9 Å². The third kappa shape index (κ3) is 9.21. The predicted molar refractivity (Wildman–Crippen MR) is 187 cm³/mol. The summed E-state index contributed by atoms with van der Waals surface area (Å²) in [7, 11) is 1.63. The lowest BCUT2D eigenvalue weighted by Crippen LogP contribution is -2.51. The standard InChI is InChI=1S/C39H49N3O8/c1-41(37-32-10-6-5-9-29(32)24-36(37)44)38(45)34(40-39(46)50-31-15-19-48-26-31)25-35(43)33(23-27-7-3-2-4-8-27)28-11-13-30(14-12-28)49-22-18-42-16-20-47-21-17-42/h2-14,31,33-37,43-44H,15-26H2,1H3,(H,40,46)/t31-,33-,34+,35-,36+,37-/m0/s1. The SMILES string of the molecule is CN(C(=O)[C@@H](C[C@H](O)[C@@H](Cc1ccccc1)c1ccc(OCCN2CCOCC2)cc1)NC(=O)O[C@H]1CCOC1)[C@H]1c2ccccc2C[C@H]1O. The maximum absolute atomic E-state index is 14.3. The number of rotatable bonds is 14. The molecule has 0 unspecified atom stereocenters. The minimum absolute atomic E-state index is 0.0702. The van der Waals surface area contributed by atoms with Crippen LogP contribution in [0.2, 0.25) is 0 Å². The molecule has 1 aliphatic carbocycles. The fourth-order valence-electron chi connectivity index (χ4n) is 7.24. The molecule has 3 N–H and O–H groups in total. The van der Waals surface area contributed by atoms with Gasteiger partial charge in [-0.3, -0.25) is 9.69 Å². The molecule has 3 aromatic carbocycles. The van der Waals surface area contributed by atoms with Crippen LogP contribution in [0.1, 0.15) is 47.1 Å². The molecule has 6 rings (SSSR count). The zero-order valence-electron chi connectivity index (χ0n) is 28.7. The number of fused-ring (bicyclic) bond motifs is 1. The average molecular weight is 688 g/mol. The van der Waals surface area contributed by atoms with Gasteiger partial charge in [-0.25, -0.2) is 4.79 Å². The molecular formula is C39H49N3O8. The van der Waals surface area contributed by atoms with Gasteiger partial charge in [0.05, 0.1) is 44.7 Å². The minimum atomic E-state index is -1.12. The van der Waals surface area contributed by atoms with Crippen LogP contribution >= 0.6 is 0 Å². The first-order valence-corrected chi connectivity index (χ1v) is 17.7. The third-order valence-corrected chi connectivity index (χ3v) is 10.0. The minimum Gasteiger partial charge on any atom is -0.492 e. The summed E-state index contributed by atoms with van der Waals surface area (Å²) in [6, 6.07) is 23.6. The highest BCUT2D eigenvalue weighted by molar-refractivity contribution is 5.86. The lowest BCUT2D eigenvalue weighted by Gasteiger charge is -2.33. The van der Waals surface area contributed by atoms with Crippen molar-refractivity contribution in [1.29, 1.82) is 0 Å². The largest absolute Gasteiger partial charge is 0.492 e. The molecule has 3 aromatic rings. The van der Waals surface area contributed by atoms with Gasteiger partial charge in [-0.15, -0.1) is 0 Å². The second-order valence-corrected chi connectivity index (χ2v) is 13.4. The van der Waals surface area contributed by atoms with Crippen molar-refractivity contribution in [3.63, 3.8) is 0 Å². The Bertz CT molecular complexity index is 1530. The lowest BCUT2D eigenvalue weighted by atomic mass is 9.84. The molecule has 6 atom stereocenters. The van der Waals surface area contributed by atoms with Crippen LogP contribution in [0.3, 0.4) is 0 Å². The molecule has 2 heterocycles. The molecule has 50 heavy (non-hydrogen) atoms. The first-order chi connectivity index (χ1) is 24.4. The normalized spacial score (nSPS) is 22.3. The van der Waals surface area contributed by atoms with Gasteiger partial charge in [0.2, 0.25) is 5.91 Å². The van der Waals surface area contributed by atoms with E-state index in [-0.39, 0.29) is 6.42 Å². The number of likely N-dealkylation sites (N-methyl/N-ethyl adjacent to an activating group) is 1. The number of carbonyl (C=O) groups excluding carboxylic acids is 2. The summed E-state index contributed by atoms with van der Waals surface area (Å²) in [5.74, 6) is -0.0912. The number of aliphatic hydroxyl groups excluding tert-OH is 2. The second-order valence-electron chi connectivity index (χ2n) is 13.4. The molecule has 0 radical (unpaired) electrons. The second kappa shape index (κ2) is 17.3. The van der Waals surface area contributed by atoms with Gasteiger partial charge in [0.1, 0.15) is 24.5 Å². The summed E-state index contributed by atoms with van der Waals surface area (Å²) in [6.07, 6.45) is -1.53. The van der Waals surface area contributed by atoms with Crippen molar-refractivity contribution >= 4 is 12.0 Å². The first kappa shape index (κ1) is 35.8. The number of hydrogen-bond donors (Lipinski definition) is 3.